The van der Waals surface area contributed by atoms with E-state index in [1.54, 1.807) is 6.20 Å². The molecule has 0 atom stereocenters. The van der Waals surface area contributed by atoms with E-state index in [-0.39, 0.29) is 0 Å². The van der Waals surface area contributed by atoms with Crippen LogP contribution in [0.15, 0.2) is 42.6 Å². The quantitative estimate of drug-likeness (QED) is 0.876. The van der Waals surface area contributed by atoms with Crippen LogP contribution in [0.4, 0.5) is 0 Å². The van der Waals surface area contributed by atoms with Crippen molar-refractivity contribution >= 4 is 0 Å². The standard InChI is InChI=1S/C15H18N2O/c1-2-18-14-7-8-15(17-11-14)13-5-3-12(4-6-13)9-10-16/h3-8,11H,2,9-10,16H2,1H3. The summed E-state index contributed by atoms with van der Waals surface area (Å²) in [4.78, 5) is 4.39. The largest absolute Gasteiger partial charge is 0.492 e. The van der Waals surface area contributed by atoms with Gasteiger partial charge in [-0.3, -0.25) is 4.98 Å². The molecule has 0 aliphatic carbocycles. The number of ether oxygens (including phenoxy) is 1. The Hall–Kier alpha value is -1.87. The SMILES string of the molecule is CCOc1ccc(-c2ccc(CCN)cc2)nc1. The van der Waals surface area contributed by atoms with Gasteiger partial charge in [0.1, 0.15) is 5.75 Å². The van der Waals surface area contributed by atoms with Crippen LogP contribution in [0, 0.1) is 0 Å². The maximum Gasteiger partial charge on any atom is 0.137 e. The molecule has 0 radical (unpaired) electrons. The first-order valence-corrected chi connectivity index (χ1v) is 6.21. The van der Waals surface area contributed by atoms with E-state index in [4.69, 9.17) is 10.5 Å². The molecule has 0 saturated carbocycles. The lowest BCUT2D eigenvalue weighted by Crippen LogP contribution is -2.02. The maximum absolute atomic E-state index is 5.53. The van der Waals surface area contributed by atoms with Crippen LogP contribution in [-0.4, -0.2) is 18.1 Å². The van der Waals surface area contributed by atoms with E-state index >= 15 is 0 Å². The van der Waals surface area contributed by atoms with E-state index in [1.807, 2.05) is 19.1 Å². The number of aromatic nitrogens is 1. The summed E-state index contributed by atoms with van der Waals surface area (Å²) in [5.41, 5.74) is 8.85. The van der Waals surface area contributed by atoms with Gasteiger partial charge in [-0.2, -0.15) is 0 Å². The van der Waals surface area contributed by atoms with Crippen molar-refractivity contribution in [3.8, 4) is 17.0 Å². The molecule has 0 unspecified atom stereocenters. The first-order valence-electron chi connectivity index (χ1n) is 6.21. The third-order valence-corrected chi connectivity index (χ3v) is 2.73. The molecule has 1 heterocycles. The number of hydrogen-bond donors (Lipinski definition) is 1. The minimum absolute atomic E-state index is 0.662. The summed E-state index contributed by atoms with van der Waals surface area (Å²) in [5.74, 6) is 0.806. The fourth-order valence-electron chi connectivity index (χ4n) is 1.81. The summed E-state index contributed by atoms with van der Waals surface area (Å²) in [6.07, 6.45) is 2.67. The van der Waals surface area contributed by atoms with E-state index < -0.39 is 0 Å². The second-order valence-corrected chi connectivity index (χ2v) is 4.05. The molecule has 1 aromatic carbocycles. The van der Waals surface area contributed by atoms with Crippen molar-refractivity contribution in [3.05, 3.63) is 48.2 Å². The molecule has 0 amide bonds. The van der Waals surface area contributed by atoms with Crippen LogP contribution in [0.2, 0.25) is 0 Å². The Kier molecular flexibility index (Phi) is 4.31. The Labute approximate surface area is 108 Å². The number of rotatable bonds is 5. The van der Waals surface area contributed by atoms with Crippen LogP contribution in [0.1, 0.15) is 12.5 Å². The van der Waals surface area contributed by atoms with Gasteiger partial charge < -0.3 is 10.5 Å². The average molecular weight is 242 g/mol. The highest BCUT2D eigenvalue weighted by molar-refractivity contribution is 5.59. The third kappa shape index (κ3) is 3.08. The van der Waals surface area contributed by atoms with Gasteiger partial charge in [-0.15, -0.1) is 0 Å². The van der Waals surface area contributed by atoms with E-state index in [2.05, 4.69) is 29.2 Å². The first kappa shape index (κ1) is 12.6. The first-order chi connectivity index (χ1) is 8.83. The highest BCUT2D eigenvalue weighted by atomic mass is 16.5. The molecule has 0 spiro atoms. The summed E-state index contributed by atoms with van der Waals surface area (Å²) in [6.45, 7) is 3.31. The van der Waals surface area contributed by atoms with E-state index in [1.165, 1.54) is 5.56 Å². The van der Waals surface area contributed by atoms with Crippen molar-refractivity contribution in [2.24, 2.45) is 5.73 Å². The normalized spacial score (nSPS) is 10.3. The van der Waals surface area contributed by atoms with Gasteiger partial charge in [-0.05, 0) is 37.6 Å². The van der Waals surface area contributed by atoms with Crippen molar-refractivity contribution in [2.75, 3.05) is 13.2 Å². The van der Waals surface area contributed by atoms with Crippen LogP contribution >= 0.6 is 0 Å². The lowest BCUT2D eigenvalue weighted by Gasteiger charge is -2.05. The van der Waals surface area contributed by atoms with E-state index in [9.17, 15) is 0 Å². The summed E-state index contributed by atoms with van der Waals surface area (Å²) < 4.78 is 5.37. The highest BCUT2D eigenvalue weighted by Gasteiger charge is 2.00. The van der Waals surface area contributed by atoms with Gasteiger partial charge in [-0.1, -0.05) is 24.3 Å². The summed E-state index contributed by atoms with van der Waals surface area (Å²) in [6, 6.07) is 12.3. The zero-order chi connectivity index (χ0) is 12.8. The molecule has 1 aromatic heterocycles. The zero-order valence-electron chi connectivity index (χ0n) is 10.6. The van der Waals surface area contributed by atoms with Gasteiger partial charge in [0.05, 0.1) is 18.5 Å². The molecule has 3 heteroatoms. The predicted octanol–water partition coefficient (Wildman–Crippen LogP) is 2.65. The van der Waals surface area contributed by atoms with Gasteiger partial charge >= 0.3 is 0 Å². The van der Waals surface area contributed by atoms with Crippen LogP contribution in [0.5, 0.6) is 5.75 Å². The van der Waals surface area contributed by atoms with Gasteiger partial charge in [0.15, 0.2) is 0 Å². The second-order valence-electron chi connectivity index (χ2n) is 4.05. The number of benzene rings is 1. The lowest BCUT2D eigenvalue weighted by atomic mass is 10.1. The lowest BCUT2D eigenvalue weighted by molar-refractivity contribution is 0.339. The number of nitrogens with zero attached hydrogens (tertiary/aromatic N) is 1. The summed E-state index contributed by atoms with van der Waals surface area (Å²) in [7, 11) is 0. The van der Waals surface area contributed by atoms with Crippen LogP contribution < -0.4 is 10.5 Å². The minimum atomic E-state index is 0.662. The molecular formula is C15H18N2O. The van der Waals surface area contributed by atoms with Gasteiger partial charge in [0.2, 0.25) is 0 Å². The second kappa shape index (κ2) is 6.17. The minimum Gasteiger partial charge on any atom is -0.492 e. The number of pyridine rings is 1. The summed E-state index contributed by atoms with van der Waals surface area (Å²) in [5, 5.41) is 0. The molecule has 0 fully saturated rings. The molecule has 2 rings (SSSR count). The van der Waals surface area contributed by atoms with Gasteiger partial charge in [0.25, 0.3) is 0 Å². The Balaban J connectivity index is 2.15. The van der Waals surface area contributed by atoms with Crippen molar-refractivity contribution in [1.82, 2.24) is 4.98 Å². The Morgan fingerprint density at radius 3 is 2.44 bits per heavy atom. The van der Waals surface area contributed by atoms with Crippen LogP contribution in [0.3, 0.4) is 0 Å². The maximum atomic E-state index is 5.53. The van der Waals surface area contributed by atoms with E-state index in [0.29, 0.717) is 13.2 Å². The monoisotopic (exact) mass is 242 g/mol. The highest BCUT2D eigenvalue weighted by Crippen LogP contribution is 2.20. The zero-order valence-corrected chi connectivity index (χ0v) is 10.6. The molecule has 0 bridgehead atoms. The molecule has 3 nitrogen and oxygen atoms in total. The molecule has 94 valence electrons. The number of hydrogen-bond acceptors (Lipinski definition) is 3. The topological polar surface area (TPSA) is 48.1 Å². The molecule has 2 aromatic rings. The summed E-state index contributed by atoms with van der Waals surface area (Å²) >= 11 is 0. The van der Waals surface area contributed by atoms with Gasteiger partial charge in [0, 0.05) is 5.56 Å². The molecule has 2 N–H and O–H groups in total. The number of nitrogens with two attached hydrogens (primary N) is 1. The molecule has 18 heavy (non-hydrogen) atoms. The smallest absolute Gasteiger partial charge is 0.137 e. The predicted molar refractivity (Wildman–Crippen MR) is 73.6 cm³/mol. The van der Waals surface area contributed by atoms with Gasteiger partial charge in [-0.25, -0.2) is 0 Å². The molecular weight excluding hydrogens is 224 g/mol. The third-order valence-electron chi connectivity index (χ3n) is 2.73. The van der Waals surface area contributed by atoms with Crippen LogP contribution in [0.25, 0.3) is 11.3 Å². The molecule has 0 saturated heterocycles. The van der Waals surface area contributed by atoms with E-state index in [0.717, 1.165) is 23.4 Å². The fraction of sp³-hybridized carbons (Fsp3) is 0.267. The van der Waals surface area contributed by atoms with Crippen molar-refractivity contribution in [2.45, 2.75) is 13.3 Å². The van der Waals surface area contributed by atoms with Crippen molar-refractivity contribution in [3.63, 3.8) is 0 Å². The Morgan fingerprint density at radius 1 is 1.11 bits per heavy atom. The molecule has 0 aliphatic rings. The Bertz CT molecular complexity index is 429. The van der Waals surface area contributed by atoms with Crippen molar-refractivity contribution in [1.29, 1.82) is 0 Å². The van der Waals surface area contributed by atoms with Crippen molar-refractivity contribution < 1.29 is 4.74 Å². The fourth-order valence-corrected chi connectivity index (χ4v) is 1.81. The van der Waals surface area contributed by atoms with Crippen LogP contribution in [-0.2, 0) is 6.42 Å². The Morgan fingerprint density at radius 2 is 1.89 bits per heavy atom. The average Bonchev–Trinajstić information content (AvgIpc) is 2.41. The molecule has 0 aliphatic heterocycles.